The third kappa shape index (κ3) is 3.46. The summed E-state index contributed by atoms with van der Waals surface area (Å²) in [4.78, 5) is 26.8. The summed E-state index contributed by atoms with van der Waals surface area (Å²) in [5.74, 6) is -1.35. The minimum Gasteiger partial charge on any atom is -0.479 e. The summed E-state index contributed by atoms with van der Waals surface area (Å²) in [7, 11) is 0. The minimum absolute atomic E-state index is 0.235. The van der Waals surface area contributed by atoms with E-state index in [0.29, 0.717) is 12.0 Å². The zero-order valence-corrected chi connectivity index (χ0v) is 13.0. The number of amides is 1. The predicted molar refractivity (Wildman–Crippen MR) is 91.6 cm³/mol. The lowest BCUT2D eigenvalue weighted by Crippen LogP contribution is -2.33. The lowest BCUT2D eigenvalue weighted by molar-refractivity contribution is -0.142. The molecule has 2 aromatic carbocycles. The number of rotatable bonds is 6. The lowest BCUT2D eigenvalue weighted by atomic mass is 10.1. The maximum absolute atomic E-state index is 12.2. The lowest BCUT2D eigenvalue weighted by Gasteiger charge is -2.14. The number of hydrogen-bond acceptors (Lipinski definition) is 2. The highest BCUT2D eigenvalue weighted by Gasteiger charge is 2.21. The summed E-state index contributed by atoms with van der Waals surface area (Å²) in [5, 5.41) is 13.0. The van der Waals surface area contributed by atoms with Crippen LogP contribution in [0.3, 0.4) is 0 Å². The van der Waals surface area contributed by atoms with Gasteiger partial charge in [0.05, 0.1) is 0 Å². The van der Waals surface area contributed by atoms with E-state index in [1.54, 1.807) is 30.3 Å². The molecule has 3 N–H and O–H groups in total. The molecule has 0 saturated heterocycles. The summed E-state index contributed by atoms with van der Waals surface area (Å²) >= 11 is 0. The second kappa shape index (κ2) is 7.00. The Morgan fingerprint density at radius 3 is 2.50 bits per heavy atom. The van der Waals surface area contributed by atoms with Gasteiger partial charge in [0.2, 0.25) is 5.91 Å². The Kier molecular flexibility index (Phi) is 4.61. The molecular formula is C19H18N2O3. The normalized spacial score (nSPS) is 12.0. The van der Waals surface area contributed by atoms with Gasteiger partial charge < -0.3 is 15.4 Å². The van der Waals surface area contributed by atoms with E-state index in [2.05, 4.69) is 10.3 Å². The number of aliphatic carboxylic acids is 1. The van der Waals surface area contributed by atoms with Crippen LogP contribution in [0.15, 0.2) is 60.8 Å². The van der Waals surface area contributed by atoms with Crippen LogP contribution in [0.2, 0.25) is 0 Å². The van der Waals surface area contributed by atoms with E-state index in [9.17, 15) is 14.7 Å². The Morgan fingerprint density at radius 2 is 1.75 bits per heavy atom. The molecule has 1 heterocycles. The van der Waals surface area contributed by atoms with Crippen LogP contribution in [0, 0.1) is 0 Å². The average molecular weight is 322 g/mol. The standard InChI is InChI=1S/C19H18N2O3/c22-17(21-18(19(23)24)13-6-2-1-3-7-13)11-10-14-12-20-16-9-5-4-8-15(14)16/h1-9,12,18,20H,10-11H2,(H,21,22)(H,23,24)/t18-/m0/s1. The Balaban J connectivity index is 1.65. The number of aromatic nitrogens is 1. The smallest absolute Gasteiger partial charge is 0.330 e. The molecule has 1 aromatic heterocycles. The van der Waals surface area contributed by atoms with Gasteiger partial charge in [-0.3, -0.25) is 4.79 Å². The molecule has 0 saturated carbocycles. The van der Waals surface area contributed by atoms with Gasteiger partial charge in [-0.15, -0.1) is 0 Å². The molecule has 0 aliphatic carbocycles. The molecule has 0 bridgehead atoms. The maximum Gasteiger partial charge on any atom is 0.330 e. The zero-order valence-electron chi connectivity index (χ0n) is 13.0. The fraction of sp³-hybridized carbons (Fsp3) is 0.158. The number of aromatic amines is 1. The van der Waals surface area contributed by atoms with Crippen LogP contribution in [0.1, 0.15) is 23.6 Å². The average Bonchev–Trinajstić information content (AvgIpc) is 3.01. The summed E-state index contributed by atoms with van der Waals surface area (Å²) in [6.07, 6.45) is 2.68. The molecule has 3 rings (SSSR count). The van der Waals surface area contributed by atoms with Crippen molar-refractivity contribution in [2.24, 2.45) is 0 Å². The van der Waals surface area contributed by atoms with Crippen molar-refractivity contribution in [3.63, 3.8) is 0 Å². The molecule has 0 fully saturated rings. The third-order valence-electron chi connectivity index (χ3n) is 3.98. The van der Waals surface area contributed by atoms with Gasteiger partial charge in [-0.05, 0) is 23.6 Å². The predicted octanol–water partition coefficient (Wildman–Crippen LogP) is 3.04. The molecular weight excluding hydrogens is 304 g/mol. The first-order valence-electron chi connectivity index (χ1n) is 7.77. The second-order valence-electron chi connectivity index (χ2n) is 5.61. The number of carboxylic acid groups (broad SMARTS) is 1. The van der Waals surface area contributed by atoms with Crippen LogP contribution >= 0.6 is 0 Å². The van der Waals surface area contributed by atoms with Crippen molar-refractivity contribution in [2.45, 2.75) is 18.9 Å². The Morgan fingerprint density at radius 1 is 1.04 bits per heavy atom. The summed E-state index contributed by atoms with van der Waals surface area (Å²) < 4.78 is 0. The van der Waals surface area contributed by atoms with Gasteiger partial charge >= 0.3 is 5.97 Å². The van der Waals surface area contributed by atoms with E-state index < -0.39 is 12.0 Å². The molecule has 5 nitrogen and oxygen atoms in total. The van der Waals surface area contributed by atoms with Crippen molar-refractivity contribution in [3.8, 4) is 0 Å². The number of fused-ring (bicyclic) bond motifs is 1. The quantitative estimate of drug-likeness (QED) is 0.652. The van der Waals surface area contributed by atoms with E-state index in [4.69, 9.17) is 0 Å². The van der Waals surface area contributed by atoms with Gasteiger partial charge in [0.25, 0.3) is 0 Å². The zero-order chi connectivity index (χ0) is 16.9. The first-order chi connectivity index (χ1) is 11.6. The molecule has 1 atom stereocenters. The molecule has 0 aliphatic heterocycles. The first-order valence-corrected chi connectivity index (χ1v) is 7.77. The molecule has 0 aliphatic rings. The molecule has 1 amide bonds. The number of hydrogen-bond donors (Lipinski definition) is 3. The topological polar surface area (TPSA) is 82.2 Å². The van der Waals surface area contributed by atoms with Crippen molar-refractivity contribution in [1.29, 1.82) is 0 Å². The third-order valence-corrected chi connectivity index (χ3v) is 3.98. The number of para-hydroxylation sites is 1. The van der Waals surface area contributed by atoms with Gasteiger partial charge in [0, 0.05) is 23.5 Å². The minimum atomic E-state index is -1.07. The fourth-order valence-corrected chi connectivity index (χ4v) is 2.75. The number of benzene rings is 2. The highest BCUT2D eigenvalue weighted by atomic mass is 16.4. The number of carboxylic acids is 1. The van der Waals surface area contributed by atoms with Crippen molar-refractivity contribution in [2.75, 3.05) is 0 Å². The van der Waals surface area contributed by atoms with E-state index >= 15 is 0 Å². The molecule has 0 radical (unpaired) electrons. The van der Waals surface area contributed by atoms with Crippen molar-refractivity contribution in [1.82, 2.24) is 10.3 Å². The largest absolute Gasteiger partial charge is 0.479 e. The highest BCUT2D eigenvalue weighted by Crippen LogP contribution is 2.19. The van der Waals surface area contributed by atoms with Crippen LogP contribution in [0.25, 0.3) is 10.9 Å². The van der Waals surface area contributed by atoms with Gasteiger partial charge in [-0.25, -0.2) is 4.79 Å². The number of carbonyl (C=O) groups is 2. The number of carbonyl (C=O) groups excluding carboxylic acids is 1. The van der Waals surface area contributed by atoms with E-state index in [1.165, 1.54) is 0 Å². The Bertz CT molecular complexity index is 855. The number of aryl methyl sites for hydroxylation is 1. The van der Waals surface area contributed by atoms with Crippen LogP contribution in [-0.4, -0.2) is 22.0 Å². The summed E-state index contributed by atoms with van der Waals surface area (Å²) in [6, 6.07) is 15.6. The van der Waals surface area contributed by atoms with Crippen LogP contribution in [0.4, 0.5) is 0 Å². The van der Waals surface area contributed by atoms with Gasteiger partial charge in [-0.2, -0.15) is 0 Å². The summed E-state index contributed by atoms with van der Waals surface area (Å²) in [5.41, 5.74) is 2.64. The summed E-state index contributed by atoms with van der Waals surface area (Å²) in [6.45, 7) is 0. The number of H-pyrrole nitrogens is 1. The highest BCUT2D eigenvalue weighted by molar-refractivity contribution is 5.86. The fourth-order valence-electron chi connectivity index (χ4n) is 2.75. The van der Waals surface area contributed by atoms with Crippen LogP contribution < -0.4 is 5.32 Å². The van der Waals surface area contributed by atoms with Crippen LogP contribution in [-0.2, 0) is 16.0 Å². The van der Waals surface area contributed by atoms with Gasteiger partial charge in [-0.1, -0.05) is 48.5 Å². The molecule has 122 valence electrons. The maximum atomic E-state index is 12.2. The van der Waals surface area contributed by atoms with Crippen LogP contribution in [0.5, 0.6) is 0 Å². The first kappa shape index (κ1) is 15.8. The SMILES string of the molecule is O=C(CCc1c[nH]c2ccccc12)N[C@H](C(=O)O)c1ccccc1. The van der Waals surface area contributed by atoms with E-state index in [1.807, 2.05) is 30.5 Å². The Labute approximate surface area is 139 Å². The Hall–Kier alpha value is -3.08. The van der Waals surface area contributed by atoms with Crippen molar-refractivity contribution < 1.29 is 14.7 Å². The molecule has 5 heteroatoms. The van der Waals surface area contributed by atoms with E-state index in [0.717, 1.165) is 16.5 Å². The molecule has 0 spiro atoms. The molecule has 3 aromatic rings. The van der Waals surface area contributed by atoms with Crippen molar-refractivity contribution in [3.05, 3.63) is 71.9 Å². The number of nitrogens with one attached hydrogen (secondary N) is 2. The van der Waals surface area contributed by atoms with Gasteiger partial charge in [0.1, 0.15) is 0 Å². The van der Waals surface area contributed by atoms with Crippen molar-refractivity contribution >= 4 is 22.8 Å². The second-order valence-corrected chi connectivity index (χ2v) is 5.61. The van der Waals surface area contributed by atoms with Gasteiger partial charge in [0.15, 0.2) is 6.04 Å². The molecule has 24 heavy (non-hydrogen) atoms. The molecule has 0 unspecified atom stereocenters. The van der Waals surface area contributed by atoms with E-state index in [-0.39, 0.29) is 12.3 Å². The monoisotopic (exact) mass is 322 g/mol.